The predicted molar refractivity (Wildman–Crippen MR) is 78.8 cm³/mol. The van der Waals surface area contributed by atoms with Crippen molar-refractivity contribution in [1.29, 1.82) is 0 Å². The van der Waals surface area contributed by atoms with Crippen LogP contribution in [0.4, 0.5) is 0 Å². The van der Waals surface area contributed by atoms with Gasteiger partial charge < -0.3 is 9.47 Å². The lowest BCUT2D eigenvalue weighted by molar-refractivity contribution is 0.405. The molecule has 1 aromatic heterocycles. The van der Waals surface area contributed by atoms with Gasteiger partial charge in [-0.2, -0.15) is 4.98 Å². The van der Waals surface area contributed by atoms with Crippen molar-refractivity contribution < 1.29 is 9.47 Å². The molecule has 0 spiro atoms. The third-order valence-corrected chi connectivity index (χ3v) is 2.99. The number of nitrogens with zero attached hydrogens (tertiary/aromatic N) is 2. The Labute approximate surface area is 123 Å². The normalized spacial score (nSPS) is 11.2. The standard InChI is InChI=1S/C15H17ClN2O2/c1-15(2,3)11-9-10(19-4)5-6-12(11)20-13-7-8-17-14(16)18-13/h5-9H,1-4H3. The number of halogens is 1. The minimum Gasteiger partial charge on any atom is -0.497 e. The largest absolute Gasteiger partial charge is 0.497 e. The lowest BCUT2D eigenvalue weighted by Gasteiger charge is -2.23. The Bertz CT molecular complexity index is 609. The summed E-state index contributed by atoms with van der Waals surface area (Å²) < 4.78 is 11.1. The first-order chi connectivity index (χ1) is 9.40. The zero-order valence-corrected chi connectivity index (χ0v) is 12.7. The van der Waals surface area contributed by atoms with Crippen molar-refractivity contribution in [2.75, 3.05) is 7.11 Å². The molecule has 0 unspecified atom stereocenters. The fourth-order valence-electron chi connectivity index (χ4n) is 1.80. The summed E-state index contributed by atoms with van der Waals surface area (Å²) in [5.74, 6) is 1.94. The Morgan fingerprint density at radius 3 is 2.50 bits per heavy atom. The number of methoxy groups -OCH3 is 1. The van der Waals surface area contributed by atoms with Crippen molar-refractivity contribution in [3.8, 4) is 17.4 Å². The summed E-state index contributed by atoms with van der Waals surface area (Å²) in [6.45, 7) is 6.34. The molecule has 0 saturated heterocycles. The number of aromatic nitrogens is 2. The zero-order valence-electron chi connectivity index (χ0n) is 12.0. The maximum Gasteiger partial charge on any atom is 0.225 e. The molecule has 0 aliphatic rings. The predicted octanol–water partition coefficient (Wildman–Crippen LogP) is 4.23. The van der Waals surface area contributed by atoms with Crippen molar-refractivity contribution >= 4 is 11.6 Å². The molecule has 20 heavy (non-hydrogen) atoms. The minimum absolute atomic E-state index is 0.0826. The van der Waals surface area contributed by atoms with Crippen molar-refractivity contribution in [3.05, 3.63) is 41.3 Å². The number of benzene rings is 1. The molecule has 0 fully saturated rings. The van der Waals surface area contributed by atoms with Gasteiger partial charge in [-0.3, -0.25) is 0 Å². The molecule has 0 amide bonds. The van der Waals surface area contributed by atoms with E-state index in [1.807, 2.05) is 18.2 Å². The van der Waals surface area contributed by atoms with Gasteiger partial charge in [0.25, 0.3) is 0 Å². The average molecular weight is 293 g/mol. The molecule has 0 saturated carbocycles. The molecule has 0 bridgehead atoms. The van der Waals surface area contributed by atoms with E-state index in [1.54, 1.807) is 19.4 Å². The Hall–Kier alpha value is -1.81. The van der Waals surface area contributed by atoms with Crippen LogP contribution in [-0.4, -0.2) is 17.1 Å². The van der Waals surface area contributed by atoms with Gasteiger partial charge >= 0.3 is 0 Å². The van der Waals surface area contributed by atoms with E-state index in [0.717, 1.165) is 17.1 Å². The molecule has 0 radical (unpaired) electrons. The van der Waals surface area contributed by atoms with E-state index in [4.69, 9.17) is 21.1 Å². The van der Waals surface area contributed by atoms with Gasteiger partial charge in [-0.25, -0.2) is 4.98 Å². The molecule has 0 aliphatic carbocycles. The van der Waals surface area contributed by atoms with E-state index < -0.39 is 0 Å². The fourth-order valence-corrected chi connectivity index (χ4v) is 1.94. The second-order valence-corrected chi connectivity index (χ2v) is 5.72. The Kier molecular flexibility index (Phi) is 4.14. The first-order valence-electron chi connectivity index (χ1n) is 6.25. The van der Waals surface area contributed by atoms with Gasteiger partial charge in [0.2, 0.25) is 11.2 Å². The lowest BCUT2D eigenvalue weighted by atomic mass is 9.86. The van der Waals surface area contributed by atoms with Crippen molar-refractivity contribution in [3.63, 3.8) is 0 Å². The molecular formula is C15H17ClN2O2. The van der Waals surface area contributed by atoms with Crippen LogP contribution in [0.1, 0.15) is 26.3 Å². The van der Waals surface area contributed by atoms with Crippen molar-refractivity contribution in [2.45, 2.75) is 26.2 Å². The summed E-state index contributed by atoms with van der Waals surface area (Å²) in [6.07, 6.45) is 1.56. The highest BCUT2D eigenvalue weighted by molar-refractivity contribution is 6.28. The maximum atomic E-state index is 5.83. The number of hydrogen-bond donors (Lipinski definition) is 0. The van der Waals surface area contributed by atoms with E-state index in [9.17, 15) is 0 Å². The second-order valence-electron chi connectivity index (χ2n) is 5.38. The van der Waals surface area contributed by atoms with E-state index in [1.165, 1.54) is 0 Å². The highest BCUT2D eigenvalue weighted by atomic mass is 35.5. The van der Waals surface area contributed by atoms with E-state index in [2.05, 4.69) is 30.7 Å². The smallest absolute Gasteiger partial charge is 0.225 e. The van der Waals surface area contributed by atoms with Crippen LogP contribution in [0.15, 0.2) is 30.5 Å². The molecule has 1 heterocycles. The molecule has 5 heteroatoms. The summed E-state index contributed by atoms with van der Waals surface area (Å²) in [5.41, 5.74) is 0.951. The summed E-state index contributed by atoms with van der Waals surface area (Å²) >= 11 is 5.77. The molecule has 0 atom stereocenters. The quantitative estimate of drug-likeness (QED) is 0.794. The van der Waals surface area contributed by atoms with Crippen LogP contribution in [0.2, 0.25) is 5.28 Å². The Balaban J connectivity index is 2.41. The third-order valence-electron chi connectivity index (χ3n) is 2.81. The Morgan fingerprint density at radius 2 is 1.90 bits per heavy atom. The summed E-state index contributed by atoms with van der Waals surface area (Å²) in [7, 11) is 1.65. The lowest BCUT2D eigenvalue weighted by Crippen LogP contribution is -2.13. The van der Waals surface area contributed by atoms with Crippen LogP contribution in [0.25, 0.3) is 0 Å². The average Bonchev–Trinajstić information content (AvgIpc) is 2.38. The van der Waals surface area contributed by atoms with E-state index in [0.29, 0.717) is 5.88 Å². The van der Waals surface area contributed by atoms with Gasteiger partial charge in [0.1, 0.15) is 11.5 Å². The summed E-state index contributed by atoms with van der Waals surface area (Å²) in [6, 6.07) is 7.36. The summed E-state index contributed by atoms with van der Waals surface area (Å²) in [4.78, 5) is 7.87. The van der Waals surface area contributed by atoms with Crippen LogP contribution in [0.3, 0.4) is 0 Å². The highest BCUT2D eigenvalue weighted by Gasteiger charge is 2.20. The second kappa shape index (κ2) is 5.67. The molecule has 2 rings (SSSR count). The number of hydrogen-bond acceptors (Lipinski definition) is 4. The topological polar surface area (TPSA) is 44.2 Å². The van der Waals surface area contributed by atoms with Crippen LogP contribution in [0.5, 0.6) is 17.4 Å². The molecule has 1 aromatic carbocycles. The first-order valence-corrected chi connectivity index (χ1v) is 6.63. The minimum atomic E-state index is -0.0826. The van der Waals surface area contributed by atoms with Crippen LogP contribution in [0, 0.1) is 0 Å². The van der Waals surface area contributed by atoms with Gasteiger partial charge in [-0.15, -0.1) is 0 Å². The Morgan fingerprint density at radius 1 is 1.15 bits per heavy atom. The van der Waals surface area contributed by atoms with Crippen LogP contribution < -0.4 is 9.47 Å². The number of rotatable bonds is 3. The van der Waals surface area contributed by atoms with Gasteiger partial charge in [0.15, 0.2) is 0 Å². The highest BCUT2D eigenvalue weighted by Crippen LogP contribution is 2.36. The molecular weight excluding hydrogens is 276 g/mol. The zero-order chi connectivity index (χ0) is 14.8. The number of ether oxygens (including phenoxy) is 2. The van der Waals surface area contributed by atoms with Gasteiger partial charge in [-0.1, -0.05) is 20.8 Å². The van der Waals surface area contributed by atoms with Crippen molar-refractivity contribution in [1.82, 2.24) is 9.97 Å². The van der Waals surface area contributed by atoms with Gasteiger partial charge in [0, 0.05) is 17.8 Å². The van der Waals surface area contributed by atoms with Crippen LogP contribution >= 0.6 is 11.6 Å². The maximum absolute atomic E-state index is 5.83. The summed E-state index contributed by atoms with van der Waals surface area (Å²) in [5, 5.41) is 0.160. The van der Waals surface area contributed by atoms with Gasteiger partial charge in [0.05, 0.1) is 7.11 Å². The first kappa shape index (κ1) is 14.6. The molecule has 2 aromatic rings. The monoisotopic (exact) mass is 292 g/mol. The molecule has 4 nitrogen and oxygen atoms in total. The van der Waals surface area contributed by atoms with E-state index in [-0.39, 0.29) is 10.7 Å². The SMILES string of the molecule is COc1ccc(Oc2ccnc(Cl)n2)c(C(C)(C)C)c1. The van der Waals surface area contributed by atoms with Crippen LogP contribution in [-0.2, 0) is 5.41 Å². The molecule has 0 aliphatic heterocycles. The molecule has 0 N–H and O–H groups in total. The van der Waals surface area contributed by atoms with E-state index >= 15 is 0 Å². The fraction of sp³-hybridized carbons (Fsp3) is 0.333. The molecule has 106 valence electrons. The van der Waals surface area contributed by atoms with Crippen molar-refractivity contribution in [2.24, 2.45) is 0 Å². The third kappa shape index (κ3) is 3.39. The van der Waals surface area contributed by atoms with Gasteiger partial charge in [-0.05, 0) is 35.2 Å².